The van der Waals surface area contributed by atoms with E-state index in [9.17, 15) is 9.90 Å². The molecule has 0 unspecified atom stereocenters. The van der Waals surface area contributed by atoms with Gasteiger partial charge in [0.05, 0.1) is 12.5 Å². The number of hydrogen-bond acceptors (Lipinski definition) is 3. The highest BCUT2D eigenvalue weighted by atomic mass is 16.5. The molecule has 0 aromatic heterocycles. The third kappa shape index (κ3) is 3.49. The lowest BCUT2D eigenvalue weighted by Crippen LogP contribution is -2.39. The van der Waals surface area contributed by atoms with Crippen LogP contribution >= 0.6 is 0 Å². The minimum Gasteiger partial charge on any atom is -0.508 e. The van der Waals surface area contributed by atoms with Gasteiger partial charge in [0.15, 0.2) is 0 Å². The third-order valence-corrected chi connectivity index (χ3v) is 5.14. The molecule has 3 atom stereocenters. The second-order valence-corrected chi connectivity index (χ2v) is 6.66. The van der Waals surface area contributed by atoms with Crippen LogP contribution < -0.4 is 0 Å². The van der Waals surface area contributed by atoms with Crippen LogP contribution in [0.4, 0.5) is 0 Å². The van der Waals surface area contributed by atoms with Gasteiger partial charge in [-0.1, -0.05) is 30.4 Å². The summed E-state index contributed by atoms with van der Waals surface area (Å²) < 4.78 is 5.10. The predicted molar refractivity (Wildman–Crippen MR) is 92.3 cm³/mol. The van der Waals surface area contributed by atoms with E-state index < -0.39 is 5.41 Å². The molecule has 23 heavy (non-hydrogen) atoms. The summed E-state index contributed by atoms with van der Waals surface area (Å²) in [6.45, 7) is 10.0. The van der Waals surface area contributed by atoms with Crippen LogP contribution in [0.15, 0.2) is 49.1 Å². The molecule has 1 N–H and O–H groups in total. The summed E-state index contributed by atoms with van der Waals surface area (Å²) >= 11 is 0. The maximum absolute atomic E-state index is 12.5. The molecular weight excluding hydrogens is 288 g/mol. The van der Waals surface area contributed by atoms with Crippen molar-refractivity contribution in [2.24, 2.45) is 11.3 Å². The number of methoxy groups -OCH3 is 1. The highest BCUT2D eigenvalue weighted by Crippen LogP contribution is 2.51. The molecule has 1 aromatic carbocycles. The lowest BCUT2D eigenvalue weighted by atomic mass is 9.61. The maximum Gasteiger partial charge on any atom is 0.312 e. The van der Waals surface area contributed by atoms with Gasteiger partial charge in [0.1, 0.15) is 5.75 Å². The van der Waals surface area contributed by atoms with E-state index in [0.29, 0.717) is 18.8 Å². The SMILES string of the molecule is C=CC[C@]1(C(=O)OC)CC[C@@H](C(=C)C)[C@H](c2ccc(O)cc2)C1. The zero-order chi connectivity index (χ0) is 17.0. The number of aromatic hydroxyl groups is 1. The fourth-order valence-corrected chi connectivity index (χ4v) is 3.91. The first-order valence-corrected chi connectivity index (χ1v) is 8.07. The molecular formula is C20H26O3. The minimum absolute atomic E-state index is 0.152. The van der Waals surface area contributed by atoms with Gasteiger partial charge in [-0.15, -0.1) is 6.58 Å². The normalized spacial score (nSPS) is 27.2. The monoisotopic (exact) mass is 314 g/mol. The van der Waals surface area contributed by atoms with Crippen molar-refractivity contribution in [3.63, 3.8) is 0 Å². The fourth-order valence-electron chi connectivity index (χ4n) is 3.91. The van der Waals surface area contributed by atoms with Gasteiger partial charge >= 0.3 is 5.97 Å². The number of hydrogen-bond donors (Lipinski definition) is 1. The topological polar surface area (TPSA) is 46.5 Å². The summed E-state index contributed by atoms with van der Waals surface area (Å²) in [6, 6.07) is 7.29. The Morgan fingerprint density at radius 1 is 1.43 bits per heavy atom. The Hall–Kier alpha value is -2.03. The largest absolute Gasteiger partial charge is 0.508 e. The average molecular weight is 314 g/mol. The number of phenols is 1. The molecule has 0 radical (unpaired) electrons. The van der Waals surface area contributed by atoms with E-state index >= 15 is 0 Å². The van der Waals surface area contributed by atoms with Crippen molar-refractivity contribution >= 4 is 5.97 Å². The van der Waals surface area contributed by atoms with Crippen LogP contribution in [0.5, 0.6) is 5.75 Å². The Bertz CT molecular complexity index is 587. The number of carbonyl (C=O) groups is 1. The van der Waals surface area contributed by atoms with E-state index in [4.69, 9.17) is 4.74 Å². The first kappa shape index (κ1) is 17.3. The standard InChI is InChI=1S/C20H26O3/c1-5-11-20(19(22)23-4)12-10-17(14(2)3)18(13-20)15-6-8-16(21)9-7-15/h5-9,17-18,21H,1-2,10-13H2,3-4H3/t17-,18-,20-/m0/s1. The Morgan fingerprint density at radius 3 is 2.61 bits per heavy atom. The highest BCUT2D eigenvalue weighted by molar-refractivity contribution is 5.77. The zero-order valence-electron chi connectivity index (χ0n) is 14.0. The van der Waals surface area contributed by atoms with Gasteiger partial charge in [0.25, 0.3) is 0 Å². The molecule has 1 aromatic rings. The van der Waals surface area contributed by atoms with Crippen molar-refractivity contribution in [2.75, 3.05) is 7.11 Å². The molecule has 0 aliphatic heterocycles. The van der Waals surface area contributed by atoms with Gasteiger partial charge in [0.2, 0.25) is 0 Å². The van der Waals surface area contributed by atoms with Crippen molar-refractivity contribution in [2.45, 2.75) is 38.5 Å². The van der Waals surface area contributed by atoms with Crippen molar-refractivity contribution in [1.29, 1.82) is 0 Å². The molecule has 0 heterocycles. The molecule has 0 amide bonds. The van der Waals surface area contributed by atoms with E-state index in [2.05, 4.69) is 20.1 Å². The van der Waals surface area contributed by atoms with Crippen molar-refractivity contribution in [3.05, 3.63) is 54.6 Å². The maximum atomic E-state index is 12.5. The van der Waals surface area contributed by atoms with Gasteiger partial charge in [0, 0.05) is 0 Å². The molecule has 1 aliphatic rings. The molecule has 1 fully saturated rings. The minimum atomic E-state index is -0.509. The van der Waals surface area contributed by atoms with Crippen LogP contribution in [-0.4, -0.2) is 18.2 Å². The van der Waals surface area contributed by atoms with Gasteiger partial charge < -0.3 is 9.84 Å². The first-order chi connectivity index (χ1) is 10.9. The number of esters is 1. The quantitative estimate of drug-likeness (QED) is 0.639. The number of allylic oxidation sites excluding steroid dienone is 2. The van der Waals surface area contributed by atoms with Crippen molar-refractivity contribution in [3.8, 4) is 5.75 Å². The fraction of sp³-hybridized carbons (Fsp3) is 0.450. The lowest BCUT2D eigenvalue weighted by molar-refractivity contribution is -0.155. The van der Waals surface area contributed by atoms with E-state index in [1.165, 1.54) is 7.11 Å². The third-order valence-electron chi connectivity index (χ3n) is 5.14. The number of benzene rings is 1. The van der Waals surface area contributed by atoms with Crippen LogP contribution in [0.2, 0.25) is 0 Å². The molecule has 1 aliphatic carbocycles. The Balaban J connectivity index is 2.40. The molecule has 0 bridgehead atoms. The van der Waals surface area contributed by atoms with Gasteiger partial charge in [-0.2, -0.15) is 0 Å². The molecule has 0 saturated heterocycles. The molecule has 0 spiro atoms. The summed E-state index contributed by atoms with van der Waals surface area (Å²) in [4.78, 5) is 12.5. The summed E-state index contributed by atoms with van der Waals surface area (Å²) in [5.41, 5.74) is 1.76. The van der Waals surface area contributed by atoms with Crippen LogP contribution in [0.1, 0.15) is 44.1 Å². The van der Waals surface area contributed by atoms with E-state index in [0.717, 1.165) is 24.0 Å². The smallest absolute Gasteiger partial charge is 0.312 e. The summed E-state index contributed by atoms with van der Waals surface area (Å²) in [5, 5.41) is 9.54. The van der Waals surface area contributed by atoms with E-state index in [1.807, 2.05) is 18.2 Å². The lowest BCUT2D eigenvalue weighted by Gasteiger charge is -2.43. The Morgan fingerprint density at radius 2 is 2.09 bits per heavy atom. The molecule has 3 heteroatoms. The van der Waals surface area contributed by atoms with Gasteiger partial charge in [-0.05, 0) is 62.1 Å². The molecule has 1 saturated carbocycles. The number of phenolic OH excluding ortho intramolecular Hbond substituents is 1. The molecule has 124 valence electrons. The van der Waals surface area contributed by atoms with Crippen molar-refractivity contribution < 1.29 is 14.6 Å². The van der Waals surface area contributed by atoms with E-state index in [1.54, 1.807) is 12.1 Å². The highest BCUT2D eigenvalue weighted by Gasteiger charge is 2.46. The van der Waals surface area contributed by atoms with Crippen LogP contribution in [0, 0.1) is 11.3 Å². The van der Waals surface area contributed by atoms with Crippen LogP contribution in [0.25, 0.3) is 0 Å². The Labute approximate surface area is 138 Å². The Kier molecular flexibility index (Phi) is 5.30. The summed E-state index contributed by atoms with van der Waals surface area (Å²) in [5.74, 6) is 0.631. The summed E-state index contributed by atoms with van der Waals surface area (Å²) in [6.07, 6.45) is 4.85. The van der Waals surface area contributed by atoms with Crippen LogP contribution in [0.3, 0.4) is 0 Å². The second-order valence-electron chi connectivity index (χ2n) is 6.66. The first-order valence-electron chi connectivity index (χ1n) is 8.07. The van der Waals surface area contributed by atoms with Crippen LogP contribution in [-0.2, 0) is 9.53 Å². The van der Waals surface area contributed by atoms with Crippen molar-refractivity contribution in [1.82, 2.24) is 0 Å². The number of rotatable bonds is 5. The second kappa shape index (κ2) is 7.03. The van der Waals surface area contributed by atoms with Gasteiger partial charge in [-0.3, -0.25) is 4.79 Å². The number of carbonyl (C=O) groups excluding carboxylic acids is 1. The summed E-state index contributed by atoms with van der Waals surface area (Å²) in [7, 11) is 1.45. The molecule has 3 nitrogen and oxygen atoms in total. The molecule has 2 rings (SSSR count). The zero-order valence-corrected chi connectivity index (χ0v) is 14.0. The predicted octanol–water partition coefficient (Wildman–Crippen LogP) is 4.59. The number of ether oxygens (including phenoxy) is 1. The van der Waals surface area contributed by atoms with E-state index in [-0.39, 0.29) is 17.6 Å². The van der Waals surface area contributed by atoms with Gasteiger partial charge in [-0.25, -0.2) is 0 Å². The average Bonchev–Trinajstić information content (AvgIpc) is 2.54.